The molecule has 0 bridgehead atoms. The minimum atomic E-state index is -3.84. The Balaban J connectivity index is 2.47. The van der Waals surface area contributed by atoms with Gasteiger partial charge in [0.25, 0.3) is 0 Å². The van der Waals surface area contributed by atoms with Gasteiger partial charge in [-0.05, 0) is 49.6 Å². The molecule has 0 saturated carbocycles. The predicted octanol–water partition coefficient (Wildman–Crippen LogP) is 4.01. The highest BCUT2D eigenvalue weighted by Gasteiger charge is 2.31. The van der Waals surface area contributed by atoms with E-state index in [9.17, 15) is 18.0 Å². The minimum absolute atomic E-state index is 0.167. The zero-order chi connectivity index (χ0) is 24.8. The summed E-state index contributed by atoms with van der Waals surface area (Å²) in [5.41, 5.74) is 2.04. The van der Waals surface area contributed by atoms with Gasteiger partial charge in [-0.2, -0.15) is 0 Å². The molecule has 33 heavy (non-hydrogen) atoms. The van der Waals surface area contributed by atoms with Crippen molar-refractivity contribution in [3.8, 4) is 0 Å². The largest absolute Gasteiger partial charge is 0.355 e. The van der Waals surface area contributed by atoms with Crippen molar-refractivity contribution in [1.29, 1.82) is 0 Å². The minimum Gasteiger partial charge on any atom is -0.355 e. The van der Waals surface area contributed by atoms with Crippen LogP contribution in [0.25, 0.3) is 0 Å². The Morgan fingerprint density at radius 2 is 1.73 bits per heavy atom. The van der Waals surface area contributed by atoms with Crippen LogP contribution in [0.3, 0.4) is 0 Å². The fourth-order valence-electron chi connectivity index (χ4n) is 3.44. The summed E-state index contributed by atoms with van der Waals surface area (Å²) in [5.74, 6) is -0.796. The number of halogens is 2. The summed E-state index contributed by atoms with van der Waals surface area (Å²) >= 11 is 12.0. The number of amides is 2. The molecule has 2 aromatic carbocycles. The number of nitrogens with zero attached hydrogens (tertiary/aromatic N) is 2. The zero-order valence-electron chi connectivity index (χ0n) is 19.1. The van der Waals surface area contributed by atoms with Crippen LogP contribution in [0, 0.1) is 6.92 Å². The van der Waals surface area contributed by atoms with E-state index in [0.717, 1.165) is 21.7 Å². The predicted molar refractivity (Wildman–Crippen MR) is 133 cm³/mol. The Hall–Kier alpha value is -2.29. The van der Waals surface area contributed by atoms with E-state index < -0.39 is 28.5 Å². The number of nitrogens with one attached hydrogen (secondary N) is 1. The van der Waals surface area contributed by atoms with Crippen LogP contribution in [0.15, 0.2) is 42.5 Å². The van der Waals surface area contributed by atoms with Crippen LogP contribution in [0.5, 0.6) is 0 Å². The summed E-state index contributed by atoms with van der Waals surface area (Å²) in [6.45, 7) is 5.63. The molecule has 10 heteroatoms. The standard InChI is InChI=1S/C23H29Cl2N3O4S/c1-5-21(23(30)26-6-2)27(14-17-10-8-7-9-16(17)3)22(29)15-28(33(4,31)32)18-11-12-19(24)20(25)13-18/h7-13,21H,5-6,14-15H2,1-4H3,(H,26,30). The average molecular weight is 514 g/mol. The third kappa shape index (κ3) is 7.09. The first-order valence-corrected chi connectivity index (χ1v) is 13.1. The highest BCUT2D eigenvalue weighted by molar-refractivity contribution is 7.92. The molecule has 1 atom stereocenters. The fourth-order valence-corrected chi connectivity index (χ4v) is 4.57. The number of carbonyl (C=O) groups excluding carboxylic acids is 2. The quantitative estimate of drug-likeness (QED) is 0.519. The summed E-state index contributed by atoms with van der Waals surface area (Å²) < 4.78 is 26.1. The van der Waals surface area contributed by atoms with Gasteiger partial charge in [0.15, 0.2) is 0 Å². The molecule has 0 radical (unpaired) electrons. The second kappa shape index (κ2) is 11.7. The first kappa shape index (κ1) is 27.0. The summed E-state index contributed by atoms with van der Waals surface area (Å²) in [6, 6.07) is 11.1. The zero-order valence-corrected chi connectivity index (χ0v) is 21.5. The molecule has 0 aromatic heterocycles. The Kier molecular flexibility index (Phi) is 9.57. The van der Waals surface area contributed by atoms with Gasteiger partial charge in [-0.1, -0.05) is 54.4 Å². The van der Waals surface area contributed by atoms with Crippen LogP contribution in [0.2, 0.25) is 10.0 Å². The molecule has 0 fully saturated rings. The number of aryl methyl sites for hydroxylation is 1. The van der Waals surface area contributed by atoms with Crippen molar-refractivity contribution in [2.75, 3.05) is 23.7 Å². The first-order valence-electron chi connectivity index (χ1n) is 10.5. The third-order valence-electron chi connectivity index (χ3n) is 5.21. The Labute approximate surface area is 205 Å². The number of sulfonamides is 1. The number of anilines is 1. The second-order valence-corrected chi connectivity index (χ2v) is 10.4. The van der Waals surface area contributed by atoms with Gasteiger partial charge in [0.2, 0.25) is 21.8 Å². The summed E-state index contributed by atoms with van der Waals surface area (Å²) in [6.07, 6.45) is 1.38. The lowest BCUT2D eigenvalue weighted by Crippen LogP contribution is -2.52. The van der Waals surface area contributed by atoms with E-state index in [1.54, 1.807) is 6.92 Å². The molecule has 0 saturated heterocycles. The van der Waals surface area contributed by atoms with E-state index in [4.69, 9.17) is 23.2 Å². The van der Waals surface area contributed by atoms with Crippen molar-refractivity contribution in [1.82, 2.24) is 10.2 Å². The molecule has 0 aliphatic heterocycles. The normalized spacial score (nSPS) is 12.2. The highest BCUT2D eigenvalue weighted by atomic mass is 35.5. The van der Waals surface area contributed by atoms with Gasteiger partial charge < -0.3 is 10.2 Å². The summed E-state index contributed by atoms with van der Waals surface area (Å²) in [7, 11) is -3.84. The number of carbonyl (C=O) groups is 2. The molecule has 1 N–H and O–H groups in total. The van der Waals surface area contributed by atoms with Crippen molar-refractivity contribution in [2.45, 2.75) is 39.8 Å². The smallest absolute Gasteiger partial charge is 0.244 e. The highest BCUT2D eigenvalue weighted by Crippen LogP contribution is 2.28. The van der Waals surface area contributed by atoms with E-state index in [2.05, 4.69) is 5.32 Å². The lowest BCUT2D eigenvalue weighted by atomic mass is 10.1. The molecule has 7 nitrogen and oxygen atoms in total. The van der Waals surface area contributed by atoms with Crippen molar-refractivity contribution >= 4 is 50.7 Å². The summed E-state index contributed by atoms with van der Waals surface area (Å²) in [4.78, 5) is 27.7. The van der Waals surface area contributed by atoms with E-state index in [-0.39, 0.29) is 28.2 Å². The number of benzene rings is 2. The molecule has 0 aliphatic carbocycles. The molecule has 1 unspecified atom stereocenters. The van der Waals surface area contributed by atoms with E-state index in [1.165, 1.54) is 23.1 Å². The molecule has 0 heterocycles. The SMILES string of the molecule is CCNC(=O)C(CC)N(Cc1ccccc1C)C(=O)CN(c1ccc(Cl)c(Cl)c1)S(C)(=O)=O. The Morgan fingerprint density at radius 1 is 1.06 bits per heavy atom. The number of rotatable bonds is 10. The van der Waals surface area contributed by atoms with E-state index >= 15 is 0 Å². The van der Waals surface area contributed by atoms with E-state index in [0.29, 0.717) is 13.0 Å². The van der Waals surface area contributed by atoms with Gasteiger partial charge in [-0.25, -0.2) is 8.42 Å². The van der Waals surface area contributed by atoms with Crippen LogP contribution in [-0.4, -0.2) is 50.5 Å². The average Bonchev–Trinajstić information content (AvgIpc) is 2.74. The van der Waals surface area contributed by atoms with Crippen LogP contribution < -0.4 is 9.62 Å². The van der Waals surface area contributed by atoms with Crippen molar-refractivity contribution in [3.05, 3.63) is 63.6 Å². The Morgan fingerprint density at radius 3 is 2.27 bits per heavy atom. The molecule has 0 aliphatic rings. The fraction of sp³-hybridized carbons (Fsp3) is 0.391. The third-order valence-corrected chi connectivity index (χ3v) is 7.09. The monoisotopic (exact) mass is 513 g/mol. The van der Waals surface area contributed by atoms with Crippen LogP contribution >= 0.6 is 23.2 Å². The van der Waals surface area contributed by atoms with Gasteiger partial charge in [0, 0.05) is 13.1 Å². The number of hydrogen-bond acceptors (Lipinski definition) is 4. The molecule has 2 rings (SSSR count). The maximum atomic E-state index is 13.5. The first-order chi connectivity index (χ1) is 15.5. The van der Waals surface area contributed by atoms with Crippen LogP contribution in [0.1, 0.15) is 31.4 Å². The summed E-state index contributed by atoms with van der Waals surface area (Å²) in [5, 5.41) is 3.20. The van der Waals surface area contributed by atoms with Gasteiger partial charge in [0.1, 0.15) is 12.6 Å². The van der Waals surface area contributed by atoms with Crippen molar-refractivity contribution < 1.29 is 18.0 Å². The molecule has 0 spiro atoms. The van der Waals surface area contributed by atoms with Crippen molar-refractivity contribution in [3.63, 3.8) is 0 Å². The van der Waals surface area contributed by atoms with Gasteiger partial charge in [-0.15, -0.1) is 0 Å². The van der Waals surface area contributed by atoms with E-state index in [1.807, 2.05) is 38.1 Å². The maximum Gasteiger partial charge on any atom is 0.244 e. The van der Waals surface area contributed by atoms with Crippen molar-refractivity contribution in [2.24, 2.45) is 0 Å². The van der Waals surface area contributed by atoms with Gasteiger partial charge >= 0.3 is 0 Å². The lowest BCUT2D eigenvalue weighted by molar-refractivity contribution is -0.140. The Bertz CT molecular complexity index is 1110. The number of likely N-dealkylation sites (N-methyl/N-ethyl adjacent to an activating group) is 1. The molecule has 2 amide bonds. The maximum absolute atomic E-state index is 13.5. The number of hydrogen-bond donors (Lipinski definition) is 1. The van der Waals surface area contributed by atoms with Crippen LogP contribution in [0.4, 0.5) is 5.69 Å². The topological polar surface area (TPSA) is 86.8 Å². The van der Waals surface area contributed by atoms with Gasteiger partial charge in [-0.3, -0.25) is 13.9 Å². The molecule has 180 valence electrons. The lowest BCUT2D eigenvalue weighted by Gasteiger charge is -2.33. The molecular weight excluding hydrogens is 485 g/mol. The molecule has 2 aromatic rings. The van der Waals surface area contributed by atoms with Crippen LogP contribution in [-0.2, 0) is 26.2 Å². The second-order valence-electron chi connectivity index (χ2n) is 7.63. The molecular formula is C23H29Cl2N3O4S. The van der Waals surface area contributed by atoms with Gasteiger partial charge in [0.05, 0.1) is 22.0 Å².